The number of morpholine rings is 1. The van der Waals surface area contributed by atoms with E-state index in [0.29, 0.717) is 26.3 Å². The fourth-order valence-electron chi connectivity index (χ4n) is 3.06. The number of hydrogen-bond acceptors (Lipinski definition) is 4. The van der Waals surface area contributed by atoms with Gasteiger partial charge in [-0.2, -0.15) is 0 Å². The second-order valence-corrected chi connectivity index (χ2v) is 5.64. The lowest BCUT2D eigenvalue weighted by Crippen LogP contribution is -2.54. The maximum absolute atomic E-state index is 12.7. The first-order valence-electron chi connectivity index (χ1n) is 7.47. The molecule has 0 aromatic heterocycles. The lowest BCUT2D eigenvalue weighted by molar-refractivity contribution is -0.143. The van der Waals surface area contributed by atoms with E-state index in [-0.39, 0.29) is 18.1 Å². The highest BCUT2D eigenvalue weighted by atomic mass is 16.5. The molecule has 2 heterocycles. The molecule has 0 spiro atoms. The van der Waals surface area contributed by atoms with Crippen molar-refractivity contribution in [1.82, 2.24) is 10.2 Å². The molecule has 1 aromatic carbocycles. The smallest absolute Gasteiger partial charge is 0.240 e. The van der Waals surface area contributed by atoms with E-state index in [0.717, 1.165) is 13.0 Å². The van der Waals surface area contributed by atoms with Gasteiger partial charge in [-0.25, -0.2) is 0 Å². The van der Waals surface area contributed by atoms with Crippen LogP contribution in [-0.4, -0.2) is 56.4 Å². The summed E-state index contributed by atoms with van der Waals surface area (Å²) in [5, 5.41) is 3.36. The zero-order chi connectivity index (χ0) is 14.7. The van der Waals surface area contributed by atoms with E-state index in [9.17, 15) is 4.79 Å². The van der Waals surface area contributed by atoms with Crippen molar-refractivity contribution in [3.8, 4) is 0 Å². The molecule has 0 radical (unpaired) electrons. The Hall–Kier alpha value is -1.43. The predicted octanol–water partition coefficient (Wildman–Crippen LogP) is 0.575. The van der Waals surface area contributed by atoms with Gasteiger partial charge in [0.05, 0.1) is 25.4 Å². The van der Waals surface area contributed by atoms with E-state index in [1.165, 1.54) is 11.1 Å². The Bertz CT molecular complexity index is 504. The molecule has 5 heteroatoms. The highest BCUT2D eigenvalue weighted by Crippen LogP contribution is 2.18. The first-order chi connectivity index (χ1) is 10.3. The van der Waals surface area contributed by atoms with Gasteiger partial charge in [-0.05, 0) is 17.5 Å². The number of amides is 1. The van der Waals surface area contributed by atoms with Crippen LogP contribution in [0, 0.1) is 0 Å². The van der Waals surface area contributed by atoms with E-state index in [1.807, 2.05) is 17.0 Å². The van der Waals surface area contributed by atoms with E-state index in [1.54, 1.807) is 7.11 Å². The number of nitrogens with zero attached hydrogens (tertiary/aromatic N) is 1. The van der Waals surface area contributed by atoms with Gasteiger partial charge >= 0.3 is 0 Å². The molecule has 114 valence electrons. The Kier molecular flexibility index (Phi) is 4.53. The van der Waals surface area contributed by atoms with Gasteiger partial charge in [-0.3, -0.25) is 4.79 Å². The molecule has 1 N–H and O–H groups in total. The summed E-state index contributed by atoms with van der Waals surface area (Å²) in [6, 6.07) is 8.19. The normalized spacial score (nSPS) is 25.5. The van der Waals surface area contributed by atoms with Gasteiger partial charge in [0.25, 0.3) is 0 Å². The molecule has 2 unspecified atom stereocenters. The topological polar surface area (TPSA) is 50.8 Å². The SMILES string of the molecule is COCC1CN(C(=O)C2Cc3ccccc3CN2)CCO1. The second-order valence-electron chi connectivity index (χ2n) is 5.64. The van der Waals surface area contributed by atoms with Gasteiger partial charge in [0, 0.05) is 26.7 Å². The Morgan fingerprint density at radius 1 is 1.43 bits per heavy atom. The van der Waals surface area contributed by atoms with Crippen LogP contribution in [0.3, 0.4) is 0 Å². The number of hydrogen-bond donors (Lipinski definition) is 1. The van der Waals surface area contributed by atoms with Crippen molar-refractivity contribution < 1.29 is 14.3 Å². The molecule has 2 aliphatic rings. The van der Waals surface area contributed by atoms with Crippen LogP contribution >= 0.6 is 0 Å². The fourth-order valence-corrected chi connectivity index (χ4v) is 3.06. The monoisotopic (exact) mass is 290 g/mol. The molecule has 1 saturated heterocycles. The third-order valence-electron chi connectivity index (χ3n) is 4.18. The predicted molar refractivity (Wildman–Crippen MR) is 79.0 cm³/mol. The summed E-state index contributed by atoms with van der Waals surface area (Å²) >= 11 is 0. The van der Waals surface area contributed by atoms with Crippen molar-refractivity contribution in [2.45, 2.75) is 25.1 Å². The van der Waals surface area contributed by atoms with E-state index < -0.39 is 0 Å². The number of carbonyl (C=O) groups excluding carboxylic acids is 1. The highest BCUT2D eigenvalue weighted by molar-refractivity contribution is 5.82. The van der Waals surface area contributed by atoms with Crippen molar-refractivity contribution in [3.05, 3.63) is 35.4 Å². The Labute approximate surface area is 125 Å². The number of ether oxygens (including phenoxy) is 2. The lowest BCUT2D eigenvalue weighted by Gasteiger charge is -2.36. The largest absolute Gasteiger partial charge is 0.382 e. The van der Waals surface area contributed by atoms with Gasteiger partial charge in [0.2, 0.25) is 5.91 Å². The summed E-state index contributed by atoms with van der Waals surface area (Å²) in [5.74, 6) is 0.175. The summed E-state index contributed by atoms with van der Waals surface area (Å²) in [4.78, 5) is 14.6. The zero-order valence-corrected chi connectivity index (χ0v) is 12.4. The Morgan fingerprint density at radius 3 is 3.05 bits per heavy atom. The minimum absolute atomic E-state index is 0.0106. The molecule has 2 aliphatic heterocycles. The molecule has 1 aromatic rings. The van der Waals surface area contributed by atoms with Crippen molar-refractivity contribution >= 4 is 5.91 Å². The number of carbonyl (C=O) groups is 1. The molecule has 3 rings (SSSR count). The molecule has 0 aliphatic carbocycles. The molecular formula is C16H22N2O3. The minimum atomic E-state index is -0.124. The van der Waals surface area contributed by atoms with Gasteiger partial charge in [0.1, 0.15) is 0 Å². The van der Waals surface area contributed by atoms with E-state index in [4.69, 9.17) is 9.47 Å². The van der Waals surface area contributed by atoms with Crippen LogP contribution in [0.1, 0.15) is 11.1 Å². The maximum atomic E-state index is 12.7. The fraction of sp³-hybridized carbons (Fsp3) is 0.562. The zero-order valence-electron chi connectivity index (χ0n) is 12.4. The van der Waals surface area contributed by atoms with Gasteiger partial charge < -0.3 is 19.7 Å². The van der Waals surface area contributed by atoms with Crippen LogP contribution in [0.5, 0.6) is 0 Å². The quantitative estimate of drug-likeness (QED) is 0.884. The molecule has 2 atom stereocenters. The van der Waals surface area contributed by atoms with Crippen LogP contribution in [-0.2, 0) is 27.2 Å². The van der Waals surface area contributed by atoms with Crippen LogP contribution in [0.2, 0.25) is 0 Å². The van der Waals surface area contributed by atoms with E-state index in [2.05, 4.69) is 17.4 Å². The maximum Gasteiger partial charge on any atom is 0.240 e. The van der Waals surface area contributed by atoms with Gasteiger partial charge in [-0.1, -0.05) is 24.3 Å². The number of fused-ring (bicyclic) bond motifs is 1. The summed E-state index contributed by atoms with van der Waals surface area (Å²) in [7, 11) is 1.66. The van der Waals surface area contributed by atoms with Crippen LogP contribution in [0.25, 0.3) is 0 Å². The van der Waals surface area contributed by atoms with Crippen molar-refractivity contribution in [2.24, 2.45) is 0 Å². The summed E-state index contributed by atoms with van der Waals surface area (Å²) in [5.41, 5.74) is 2.57. The third kappa shape index (κ3) is 3.26. The third-order valence-corrected chi connectivity index (χ3v) is 4.18. The van der Waals surface area contributed by atoms with Gasteiger partial charge in [0.15, 0.2) is 0 Å². The molecular weight excluding hydrogens is 268 g/mol. The minimum Gasteiger partial charge on any atom is -0.382 e. The highest BCUT2D eigenvalue weighted by Gasteiger charge is 2.31. The molecule has 5 nitrogen and oxygen atoms in total. The molecule has 1 fully saturated rings. The first-order valence-corrected chi connectivity index (χ1v) is 7.47. The molecule has 0 saturated carbocycles. The first kappa shape index (κ1) is 14.5. The number of rotatable bonds is 3. The average molecular weight is 290 g/mol. The van der Waals surface area contributed by atoms with Crippen molar-refractivity contribution in [1.29, 1.82) is 0 Å². The number of nitrogens with one attached hydrogen (secondary N) is 1. The van der Waals surface area contributed by atoms with Crippen LogP contribution < -0.4 is 5.32 Å². The summed E-state index contributed by atoms with van der Waals surface area (Å²) in [6.45, 7) is 3.16. The summed E-state index contributed by atoms with van der Waals surface area (Å²) < 4.78 is 10.7. The number of benzene rings is 1. The Balaban J connectivity index is 1.63. The van der Waals surface area contributed by atoms with Crippen molar-refractivity contribution in [3.63, 3.8) is 0 Å². The molecule has 1 amide bonds. The Morgan fingerprint density at radius 2 is 2.24 bits per heavy atom. The van der Waals surface area contributed by atoms with Crippen LogP contribution in [0.4, 0.5) is 0 Å². The van der Waals surface area contributed by atoms with E-state index >= 15 is 0 Å². The summed E-state index contributed by atoms with van der Waals surface area (Å²) in [6.07, 6.45) is 0.755. The average Bonchev–Trinajstić information content (AvgIpc) is 2.54. The number of methoxy groups -OCH3 is 1. The second kappa shape index (κ2) is 6.56. The standard InChI is InChI=1S/C16H22N2O3/c1-20-11-14-10-18(6-7-21-14)16(19)15-8-12-4-2-3-5-13(12)9-17-15/h2-5,14-15,17H,6-11H2,1H3. The molecule has 0 bridgehead atoms. The van der Waals surface area contributed by atoms with Gasteiger partial charge in [-0.15, -0.1) is 0 Å². The molecule has 21 heavy (non-hydrogen) atoms. The van der Waals surface area contributed by atoms with Crippen molar-refractivity contribution in [2.75, 3.05) is 33.4 Å². The van der Waals surface area contributed by atoms with Crippen LogP contribution in [0.15, 0.2) is 24.3 Å². The lowest BCUT2D eigenvalue weighted by atomic mass is 9.95.